The summed E-state index contributed by atoms with van der Waals surface area (Å²) in [5, 5.41) is 9.46. The van der Waals surface area contributed by atoms with Gasteiger partial charge in [-0.3, -0.25) is 0 Å². The van der Waals surface area contributed by atoms with E-state index < -0.39 is 0 Å². The van der Waals surface area contributed by atoms with Crippen LogP contribution in [0.25, 0.3) is 110 Å². The van der Waals surface area contributed by atoms with E-state index in [0.717, 1.165) is 100 Å². The molecule has 4 heteroatoms. The third-order valence-electron chi connectivity index (χ3n) is 16.5. The normalized spacial score (nSPS) is 11.5. The second-order valence-electron chi connectivity index (χ2n) is 21.4. The van der Waals surface area contributed by atoms with E-state index in [1.54, 1.807) is 12.1 Å². The van der Waals surface area contributed by atoms with Gasteiger partial charge in [-0.15, -0.1) is 0 Å². The number of para-hydroxylation sites is 2. The zero-order chi connectivity index (χ0) is 56.1. The molecule has 0 spiro atoms. The predicted molar refractivity (Wildman–Crippen MR) is 350 cm³/mol. The molecule has 15 rings (SSSR count). The molecule has 84 heavy (non-hydrogen) atoms. The Kier molecular flexibility index (Phi) is 12.6. The number of fused-ring (bicyclic) bond motifs is 3. The van der Waals surface area contributed by atoms with Crippen LogP contribution in [0.5, 0.6) is 0 Å². The quantitative estimate of drug-likeness (QED) is 0.0889. The van der Waals surface area contributed by atoms with Gasteiger partial charge in [-0.2, -0.15) is 0 Å². The fourth-order valence-corrected chi connectivity index (χ4v) is 12.7. The van der Waals surface area contributed by atoms with E-state index in [2.05, 4.69) is 133 Å². The van der Waals surface area contributed by atoms with Crippen molar-refractivity contribution in [2.24, 2.45) is 0 Å². The Labute approximate surface area is 487 Å². The molecule has 0 N–H and O–H groups in total. The third kappa shape index (κ3) is 8.80. The van der Waals surface area contributed by atoms with Crippen molar-refractivity contribution >= 4 is 77.2 Å². The van der Waals surface area contributed by atoms with Gasteiger partial charge in [0, 0.05) is 33.9 Å². The Balaban J connectivity index is 0.855. The molecule has 15 aromatic rings. The molecule has 0 fully saturated rings. The Morgan fingerprint density at radius 2 is 0.548 bits per heavy atom. The summed E-state index contributed by atoms with van der Waals surface area (Å²) in [7, 11) is 0. The summed E-state index contributed by atoms with van der Waals surface area (Å²) in [6.07, 6.45) is 0. The summed E-state index contributed by atoms with van der Waals surface area (Å²) in [5.74, 6) is -0.631. The Morgan fingerprint density at radius 1 is 0.202 bits per heavy atom. The standard InChI is InChI=1S/C80H52F2N2/c81-74-51-60(53-21-7-1-8-22-53)49-72(55-25-11-3-12-26-55)79(74)83(62-29-15-5-16-30-62)64-41-35-57(36-42-64)66-47-48-71-68-33-19-20-34-69(68)77-67(45-39-59-40-46-70(66)78(71)76(59)77)58-37-43-65(44-38-58)84(63-31-17-6-18-32-63)80-73(56-27-13-4-14-28-56)50-61(52-75(80)82)54-23-9-2-10-24-54/h1-52H. The van der Waals surface area contributed by atoms with Crippen LogP contribution in [-0.2, 0) is 0 Å². The van der Waals surface area contributed by atoms with Gasteiger partial charge in [0.1, 0.15) is 11.6 Å². The lowest BCUT2D eigenvalue weighted by molar-refractivity contribution is 0.629. The summed E-state index contributed by atoms with van der Waals surface area (Å²) in [5.41, 5.74) is 15.6. The first-order valence-electron chi connectivity index (χ1n) is 28.4. The van der Waals surface area contributed by atoms with Crippen LogP contribution in [0.3, 0.4) is 0 Å². The molecule has 0 saturated heterocycles. The minimum absolute atomic E-state index is 0.315. The molecule has 0 saturated carbocycles. The molecule has 15 aromatic carbocycles. The molecule has 0 heterocycles. The van der Waals surface area contributed by atoms with Crippen molar-refractivity contribution in [3.63, 3.8) is 0 Å². The van der Waals surface area contributed by atoms with Gasteiger partial charge in [-0.05, 0) is 172 Å². The van der Waals surface area contributed by atoms with Gasteiger partial charge in [-0.1, -0.05) is 243 Å². The molecule has 0 bridgehead atoms. The van der Waals surface area contributed by atoms with E-state index in [9.17, 15) is 0 Å². The number of anilines is 6. The summed E-state index contributed by atoms with van der Waals surface area (Å²) >= 11 is 0. The van der Waals surface area contributed by atoms with Crippen LogP contribution in [0.15, 0.2) is 315 Å². The van der Waals surface area contributed by atoms with Crippen LogP contribution >= 0.6 is 0 Å². The molecule has 0 aliphatic carbocycles. The molecule has 0 atom stereocenters. The average molecular weight is 1080 g/mol. The fraction of sp³-hybridized carbons (Fsp3) is 0. The number of benzene rings is 15. The molecular formula is C80H52F2N2. The van der Waals surface area contributed by atoms with Crippen molar-refractivity contribution in [1.82, 2.24) is 0 Å². The van der Waals surface area contributed by atoms with Crippen molar-refractivity contribution in [1.29, 1.82) is 0 Å². The summed E-state index contributed by atoms with van der Waals surface area (Å²) in [6, 6.07) is 107. The van der Waals surface area contributed by atoms with Crippen LogP contribution in [-0.4, -0.2) is 0 Å². The van der Waals surface area contributed by atoms with Crippen LogP contribution in [0, 0.1) is 11.6 Å². The highest BCUT2D eigenvalue weighted by Gasteiger charge is 2.26. The summed E-state index contributed by atoms with van der Waals surface area (Å²) < 4.78 is 34.7. The molecule has 0 amide bonds. The van der Waals surface area contributed by atoms with Gasteiger partial charge in [0.15, 0.2) is 0 Å². The number of rotatable bonds is 12. The molecule has 396 valence electrons. The van der Waals surface area contributed by atoms with Gasteiger partial charge < -0.3 is 9.80 Å². The minimum Gasteiger partial charge on any atom is -0.307 e. The van der Waals surface area contributed by atoms with E-state index in [4.69, 9.17) is 0 Å². The highest BCUT2D eigenvalue weighted by molar-refractivity contribution is 6.37. The lowest BCUT2D eigenvalue weighted by Gasteiger charge is -2.29. The van der Waals surface area contributed by atoms with Crippen molar-refractivity contribution in [3.05, 3.63) is 327 Å². The Hall–Kier alpha value is -10.9. The number of nitrogens with zero attached hydrogens (tertiary/aromatic N) is 2. The van der Waals surface area contributed by atoms with E-state index in [0.29, 0.717) is 11.4 Å². The van der Waals surface area contributed by atoms with Crippen LogP contribution in [0.1, 0.15) is 0 Å². The highest BCUT2D eigenvalue weighted by Crippen LogP contribution is 2.50. The van der Waals surface area contributed by atoms with E-state index in [1.807, 2.05) is 180 Å². The van der Waals surface area contributed by atoms with Crippen LogP contribution in [0.2, 0.25) is 0 Å². The average Bonchev–Trinajstić information content (AvgIpc) is 0.938. The van der Waals surface area contributed by atoms with Gasteiger partial charge in [0.25, 0.3) is 0 Å². The van der Waals surface area contributed by atoms with Gasteiger partial charge >= 0.3 is 0 Å². The third-order valence-corrected chi connectivity index (χ3v) is 16.5. The molecular weight excluding hydrogens is 1030 g/mol. The summed E-state index contributed by atoms with van der Waals surface area (Å²) in [6.45, 7) is 0. The fourth-order valence-electron chi connectivity index (χ4n) is 12.7. The van der Waals surface area contributed by atoms with Crippen LogP contribution < -0.4 is 9.80 Å². The maximum atomic E-state index is 17.4. The van der Waals surface area contributed by atoms with E-state index >= 15 is 8.78 Å². The van der Waals surface area contributed by atoms with Gasteiger partial charge in [-0.25, -0.2) is 8.78 Å². The van der Waals surface area contributed by atoms with Crippen molar-refractivity contribution in [3.8, 4) is 66.8 Å². The van der Waals surface area contributed by atoms with Crippen molar-refractivity contribution in [2.45, 2.75) is 0 Å². The number of hydrogen-bond acceptors (Lipinski definition) is 2. The van der Waals surface area contributed by atoms with Crippen molar-refractivity contribution < 1.29 is 8.78 Å². The topological polar surface area (TPSA) is 6.48 Å². The van der Waals surface area contributed by atoms with Crippen molar-refractivity contribution in [2.75, 3.05) is 9.80 Å². The maximum Gasteiger partial charge on any atom is 0.148 e. The smallest absolute Gasteiger partial charge is 0.148 e. The summed E-state index contributed by atoms with van der Waals surface area (Å²) in [4.78, 5) is 4.09. The second-order valence-corrected chi connectivity index (χ2v) is 21.4. The van der Waals surface area contributed by atoms with Gasteiger partial charge in [0.2, 0.25) is 0 Å². The molecule has 0 radical (unpaired) electrons. The lowest BCUT2D eigenvalue weighted by Crippen LogP contribution is -2.13. The maximum absolute atomic E-state index is 17.4. The number of hydrogen-bond donors (Lipinski definition) is 0. The van der Waals surface area contributed by atoms with E-state index in [-0.39, 0.29) is 11.6 Å². The van der Waals surface area contributed by atoms with E-state index in [1.165, 1.54) is 32.3 Å². The first kappa shape index (κ1) is 50.1. The number of halogens is 2. The minimum atomic E-state index is -0.316. The lowest BCUT2D eigenvalue weighted by atomic mass is 9.84. The Bertz CT molecular complexity index is 4860. The SMILES string of the molecule is Fc1cc(-c2ccccc2)cc(-c2ccccc2)c1N(c1ccccc1)c1ccc(-c2ccc3c4ccccc4c4c(-c5ccc(N(c6ccccc6)c6c(F)cc(-c7ccccc7)cc6-c6ccccc6)cc5)ccc5ccc2c3c54)cc1. The second kappa shape index (κ2) is 21.2. The van der Waals surface area contributed by atoms with Crippen LogP contribution in [0.4, 0.5) is 42.9 Å². The zero-order valence-corrected chi connectivity index (χ0v) is 45.7. The molecule has 0 unspecified atom stereocenters. The predicted octanol–water partition coefficient (Wildman–Crippen LogP) is 23.0. The highest BCUT2D eigenvalue weighted by atomic mass is 19.1. The molecule has 0 aromatic heterocycles. The molecule has 0 aliphatic rings. The largest absolute Gasteiger partial charge is 0.307 e. The Morgan fingerprint density at radius 3 is 1.02 bits per heavy atom. The monoisotopic (exact) mass is 1080 g/mol. The first-order valence-corrected chi connectivity index (χ1v) is 28.4. The zero-order valence-electron chi connectivity index (χ0n) is 45.7. The molecule has 2 nitrogen and oxygen atoms in total. The van der Waals surface area contributed by atoms with Gasteiger partial charge in [0.05, 0.1) is 11.4 Å². The first-order chi connectivity index (χ1) is 41.5. The molecule has 0 aliphatic heterocycles.